The Hall–Kier alpha value is -2.63. The first-order valence-electron chi connectivity index (χ1n) is 11.2. The molecule has 1 amide bonds. The average molecular weight is 562 g/mol. The molecule has 1 saturated heterocycles. The summed E-state index contributed by atoms with van der Waals surface area (Å²) in [7, 11) is 0. The van der Waals surface area contributed by atoms with Crippen molar-refractivity contribution >= 4 is 35.0 Å². The second-order valence-electron chi connectivity index (χ2n) is 10.2. The molecule has 1 aromatic heterocycles. The molecule has 3 aliphatic heterocycles. The third kappa shape index (κ3) is 4.30. The van der Waals surface area contributed by atoms with E-state index in [-0.39, 0.29) is 31.1 Å². The van der Waals surface area contributed by atoms with Gasteiger partial charge in [0.25, 0.3) is 5.60 Å². The van der Waals surface area contributed by atoms with E-state index in [2.05, 4.69) is 10.1 Å². The Labute approximate surface area is 219 Å². The molecule has 13 heteroatoms. The predicted octanol–water partition coefficient (Wildman–Crippen LogP) is 6.09. The highest BCUT2D eigenvalue weighted by Gasteiger charge is 2.63. The van der Waals surface area contributed by atoms with E-state index in [1.807, 2.05) is 0 Å². The molecule has 1 spiro atoms. The molecule has 7 nitrogen and oxygen atoms in total. The quantitative estimate of drug-likeness (QED) is 0.328. The van der Waals surface area contributed by atoms with Gasteiger partial charge in [0.1, 0.15) is 16.9 Å². The number of oxime groups is 1. The van der Waals surface area contributed by atoms with E-state index in [1.54, 1.807) is 26.8 Å². The fourth-order valence-corrected chi connectivity index (χ4v) is 5.08. The number of amides is 1. The summed E-state index contributed by atoms with van der Waals surface area (Å²) in [5.74, 6) is -1.03. The van der Waals surface area contributed by atoms with Crippen LogP contribution in [-0.4, -0.2) is 46.6 Å². The molecule has 2 aromatic rings. The van der Waals surface area contributed by atoms with Crippen molar-refractivity contribution in [2.24, 2.45) is 5.16 Å². The van der Waals surface area contributed by atoms with Crippen LogP contribution in [0, 0.1) is 5.82 Å². The third-order valence-corrected chi connectivity index (χ3v) is 7.01. The zero-order valence-corrected chi connectivity index (χ0v) is 21.4. The first kappa shape index (κ1) is 26.0. The molecule has 3 aliphatic rings. The van der Waals surface area contributed by atoms with Crippen LogP contribution in [0.5, 0.6) is 0 Å². The number of hydrogen-bond acceptors (Lipinski definition) is 6. The fourth-order valence-electron chi connectivity index (χ4n) is 4.60. The first-order chi connectivity index (χ1) is 17.1. The van der Waals surface area contributed by atoms with E-state index in [1.165, 1.54) is 11.1 Å². The summed E-state index contributed by atoms with van der Waals surface area (Å²) < 4.78 is 68.0. The minimum Gasteiger partial charge on any atom is -0.444 e. The lowest BCUT2D eigenvalue weighted by Crippen LogP contribution is -2.61. The van der Waals surface area contributed by atoms with Gasteiger partial charge in [-0.1, -0.05) is 28.4 Å². The minimum absolute atomic E-state index is 0.0540. The number of fused-ring (bicyclic) bond motifs is 2. The van der Waals surface area contributed by atoms with Crippen LogP contribution in [0.4, 0.5) is 22.4 Å². The van der Waals surface area contributed by atoms with Crippen LogP contribution in [0.3, 0.4) is 0 Å². The summed E-state index contributed by atoms with van der Waals surface area (Å²) in [6, 6.07) is 3.25. The maximum atomic E-state index is 14.3. The molecule has 0 bridgehead atoms. The number of halogens is 6. The van der Waals surface area contributed by atoms with Gasteiger partial charge >= 0.3 is 12.3 Å². The third-order valence-electron chi connectivity index (χ3n) is 6.46. The summed E-state index contributed by atoms with van der Waals surface area (Å²) in [6.07, 6.45) is -4.59. The lowest BCUT2D eigenvalue weighted by Gasteiger charge is -2.47. The van der Waals surface area contributed by atoms with Crippen LogP contribution >= 0.6 is 23.2 Å². The summed E-state index contributed by atoms with van der Waals surface area (Å²) in [4.78, 5) is 23.1. The SMILES string of the molecule is CC(C)(C)OC(=O)N1CC2(C1)OCc1cc(C3=NOC(c4cc(Cl)c(F)c(Cl)c4)(C(F)(F)F)C3)ncc12. The molecule has 37 heavy (non-hydrogen) atoms. The lowest BCUT2D eigenvalue weighted by molar-refractivity contribution is -0.275. The minimum atomic E-state index is -4.93. The normalized spacial score (nSPS) is 22.4. The number of likely N-dealkylation sites (tertiary alicyclic amines) is 1. The highest BCUT2D eigenvalue weighted by atomic mass is 35.5. The van der Waals surface area contributed by atoms with Crippen molar-refractivity contribution in [3.05, 3.63) is 62.6 Å². The number of alkyl halides is 3. The number of carbonyl (C=O) groups excluding carboxylic acids is 1. The van der Waals surface area contributed by atoms with Crippen LogP contribution in [0.25, 0.3) is 0 Å². The summed E-state index contributed by atoms with van der Waals surface area (Å²) in [5.41, 5.74) is -3.19. The second kappa shape index (κ2) is 8.44. The number of rotatable bonds is 2. The van der Waals surface area contributed by atoms with Gasteiger partial charge in [-0.15, -0.1) is 0 Å². The molecule has 1 atom stereocenters. The molecule has 1 unspecified atom stereocenters. The van der Waals surface area contributed by atoms with Crippen molar-refractivity contribution in [3.63, 3.8) is 0 Å². The molecule has 0 radical (unpaired) electrons. The maximum Gasteiger partial charge on any atom is 0.435 e. The van der Waals surface area contributed by atoms with Crippen LogP contribution in [0.2, 0.25) is 10.0 Å². The Morgan fingerprint density at radius 3 is 2.38 bits per heavy atom. The molecule has 0 saturated carbocycles. The van der Waals surface area contributed by atoms with Gasteiger partial charge in [0.05, 0.1) is 41.9 Å². The van der Waals surface area contributed by atoms with Crippen molar-refractivity contribution in [2.75, 3.05) is 13.1 Å². The molecule has 1 aromatic carbocycles. The van der Waals surface area contributed by atoms with E-state index < -0.39 is 56.9 Å². The lowest BCUT2D eigenvalue weighted by atomic mass is 9.85. The van der Waals surface area contributed by atoms with Crippen LogP contribution in [0.15, 0.2) is 29.6 Å². The van der Waals surface area contributed by atoms with Crippen molar-refractivity contribution in [1.82, 2.24) is 9.88 Å². The van der Waals surface area contributed by atoms with Gasteiger partial charge in [0, 0.05) is 17.3 Å². The standard InChI is InChI=1S/C24H21Cl2F4N3O4/c1-21(2,3)36-20(34)33-10-22(11-33)14-8-31-17(4-12(14)9-35-22)18-7-23(37-32-18,24(28,29)30)13-5-15(25)19(27)16(26)6-13/h4-6,8H,7,9-11H2,1-3H3. The summed E-state index contributed by atoms with van der Waals surface area (Å²) in [6.45, 7) is 6.04. The number of hydrogen-bond donors (Lipinski definition) is 0. The average Bonchev–Trinajstić information content (AvgIpc) is 3.37. The van der Waals surface area contributed by atoms with Crippen molar-refractivity contribution in [2.45, 2.75) is 56.8 Å². The molecule has 0 N–H and O–H groups in total. The fraction of sp³-hybridized carbons (Fsp3) is 0.458. The predicted molar refractivity (Wildman–Crippen MR) is 125 cm³/mol. The number of carbonyl (C=O) groups is 1. The van der Waals surface area contributed by atoms with Gasteiger partial charge in [-0.3, -0.25) is 4.98 Å². The van der Waals surface area contributed by atoms with E-state index in [9.17, 15) is 22.4 Å². The Kier molecular flexibility index (Phi) is 5.93. The Morgan fingerprint density at radius 2 is 1.78 bits per heavy atom. The summed E-state index contributed by atoms with van der Waals surface area (Å²) >= 11 is 11.5. The topological polar surface area (TPSA) is 73.2 Å². The van der Waals surface area contributed by atoms with Gasteiger partial charge < -0.3 is 19.2 Å². The van der Waals surface area contributed by atoms with Crippen LogP contribution in [0.1, 0.15) is 49.6 Å². The van der Waals surface area contributed by atoms with Crippen LogP contribution < -0.4 is 0 Å². The molecule has 0 aliphatic carbocycles. The van der Waals surface area contributed by atoms with E-state index in [0.717, 1.165) is 17.7 Å². The van der Waals surface area contributed by atoms with E-state index in [0.29, 0.717) is 5.56 Å². The highest BCUT2D eigenvalue weighted by Crippen LogP contribution is 2.50. The number of ether oxygens (including phenoxy) is 2. The first-order valence-corrected chi connectivity index (χ1v) is 12.0. The van der Waals surface area contributed by atoms with E-state index >= 15 is 0 Å². The van der Waals surface area contributed by atoms with Crippen molar-refractivity contribution < 1.29 is 36.7 Å². The second-order valence-corrected chi connectivity index (χ2v) is 11.0. The van der Waals surface area contributed by atoms with E-state index in [4.69, 9.17) is 37.5 Å². The monoisotopic (exact) mass is 561 g/mol. The molecule has 198 valence electrons. The number of nitrogens with zero attached hydrogens (tertiary/aromatic N) is 3. The highest BCUT2D eigenvalue weighted by molar-refractivity contribution is 6.35. The number of pyridine rings is 1. The Balaban J connectivity index is 1.37. The van der Waals surface area contributed by atoms with Crippen molar-refractivity contribution in [1.29, 1.82) is 0 Å². The van der Waals surface area contributed by atoms with Gasteiger partial charge in [-0.05, 0) is 44.5 Å². The number of aromatic nitrogens is 1. The van der Waals surface area contributed by atoms with Gasteiger partial charge in [0.2, 0.25) is 0 Å². The van der Waals surface area contributed by atoms with Gasteiger partial charge in [-0.2, -0.15) is 13.2 Å². The molecule has 5 rings (SSSR count). The van der Waals surface area contributed by atoms with Gasteiger partial charge in [0.15, 0.2) is 5.82 Å². The Bertz CT molecular complexity index is 1300. The zero-order valence-electron chi connectivity index (χ0n) is 19.9. The molecular weight excluding hydrogens is 541 g/mol. The van der Waals surface area contributed by atoms with Crippen LogP contribution in [-0.2, 0) is 32.1 Å². The molecular formula is C24H21Cl2F4N3O4. The maximum absolute atomic E-state index is 14.3. The van der Waals surface area contributed by atoms with Gasteiger partial charge in [-0.25, -0.2) is 9.18 Å². The summed E-state index contributed by atoms with van der Waals surface area (Å²) in [5, 5.41) is 2.56. The molecule has 4 heterocycles. The molecule has 1 fully saturated rings. The zero-order chi connectivity index (χ0) is 27.0. The smallest absolute Gasteiger partial charge is 0.435 e. The van der Waals surface area contributed by atoms with Crippen molar-refractivity contribution in [3.8, 4) is 0 Å². The Morgan fingerprint density at radius 1 is 1.14 bits per heavy atom. The largest absolute Gasteiger partial charge is 0.444 e. The number of benzene rings is 1.